The van der Waals surface area contributed by atoms with Gasteiger partial charge >= 0.3 is 5.97 Å². The van der Waals surface area contributed by atoms with Crippen molar-refractivity contribution in [1.82, 2.24) is 19.0 Å². The third-order valence-electron chi connectivity index (χ3n) is 4.36. The number of rotatable bonds is 4. The maximum absolute atomic E-state index is 13.0. The molecule has 3 rings (SSSR count). The van der Waals surface area contributed by atoms with Crippen LogP contribution in [0.25, 0.3) is 5.69 Å². The first kappa shape index (κ1) is 19.1. The van der Waals surface area contributed by atoms with Crippen LogP contribution in [0.1, 0.15) is 27.4 Å². The van der Waals surface area contributed by atoms with Crippen molar-refractivity contribution >= 4 is 21.9 Å². The number of sulfonamides is 1. The summed E-state index contributed by atoms with van der Waals surface area (Å²) in [5.41, 5.74) is 0.474. The molecule has 27 heavy (non-hydrogen) atoms. The van der Waals surface area contributed by atoms with Crippen molar-refractivity contribution in [1.29, 1.82) is 0 Å². The number of para-hydroxylation sites is 1. The molecule has 1 aromatic heterocycles. The van der Waals surface area contributed by atoms with Crippen molar-refractivity contribution in [2.75, 3.05) is 32.4 Å². The molecule has 0 aliphatic carbocycles. The van der Waals surface area contributed by atoms with Gasteiger partial charge in [-0.15, -0.1) is 0 Å². The highest BCUT2D eigenvalue weighted by Gasteiger charge is 2.28. The summed E-state index contributed by atoms with van der Waals surface area (Å²) in [6, 6.07) is 10.0. The summed E-state index contributed by atoms with van der Waals surface area (Å²) in [4.78, 5) is 25.9. The zero-order chi connectivity index (χ0) is 19.6. The van der Waals surface area contributed by atoms with Crippen LogP contribution in [-0.4, -0.2) is 76.8 Å². The third-order valence-corrected chi connectivity index (χ3v) is 5.66. The van der Waals surface area contributed by atoms with Crippen LogP contribution in [0.15, 0.2) is 36.4 Å². The van der Waals surface area contributed by atoms with Gasteiger partial charge in [0.05, 0.1) is 11.9 Å². The fraction of sp³-hybridized carbons (Fsp3) is 0.353. The predicted octanol–water partition coefficient (Wildman–Crippen LogP) is 0.678. The molecule has 1 aliphatic heterocycles. The molecule has 0 saturated carbocycles. The maximum atomic E-state index is 13.0. The summed E-state index contributed by atoms with van der Waals surface area (Å²) in [7, 11) is -3.32. The molecule has 1 aromatic carbocycles. The minimum absolute atomic E-state index is 0.131. The lowest BCUT2D eigenvalue weighted by molar-refractivity contribution is 0.0689. The average molecular weight is 392 g/mol. The van der Waals surface area contributed by atoms with Gasteiger partial charge in [-0.25, -0.2) is 22.2 Å². The van der Waals surface area contributed by atoms with E-state index in [1.165, 1.54) is 20.0 Å². The minimum atomic E-state index is -3.32. The molecular formula is C17H20N4O5S. The molecule has 144 valence electrons. The van der Waals surface area contributed by atoms with Crippen molar-refractivity contribution < 1.29 is 23.1 Å². The first-order valence-corrected chi connectivity index (χ1v) is 10.3. The zero-order valence-corrected chi connectivity index (χ0v) is 15.6. The minimum Gasteiger partial charge on any atom is -0.476 e. The lowest BCUT2D eigenvalue weighted by Crippen LogP contribution is -2.37. The van der Waals surface area contributed by atoms with Crippen LogP contribution in [0.3, 0.4) is 0 Å². The Morgan fingerprint density at radius 2 is 1.78 bits per heavy atom. The Morgan fingerprint density at radius 1 is 1.07 bits per heavy atom. The number of carbonyl (C=O) groups excluding carboxylic acids is 1. The molecule has 1 N–H and O–H groups in total. The van der Waals surface area contributed by atoms with Crippen LogP contribution in [0.4, 0.5) is 0 Å². The Hall–Kier alpha value is -2.72. The Labute approximate surface area is 156 Å². The van der Waals surface area contributed by atoms with Gasteiger partial charge in [-0.05, 0) is 18.6 Å². The van der Waals surface area contributed by atoms with Gasteiger partial charge in [0.1, 0.15) is 5.69 Å². The number of hydrogen-bond donors (Lipinski definition) is 1. The topological polar surface area (TPSA) is 113 Å². The summed E-state index contributed by atoms with van der Waals surface area (Å²) in [5.74, 6) is -1.60. The van der Waals surface area contributed by atoms with E-state index in [2.05, 4.69) is 5.10 Å². The van der Waals surface area contributed by atoms with Crippen molar-refractivity contribution in [3.63, 3.8) is 0 Å². The SMILES string of the molecule is CS(=O)(=O)N1CCCN(C(=O)c2cc(C(=O)O)nn2-c2ccccc2)CC1. The lowest BCUT2D eigenvalue weighted by atomic mass is 10.2. The normalized spacial score (nSPS) is 16.1. The Balaban J connectivity index is 1.91. The van der Waals surface area contributed by atoms with Gasteiger partial charge in [0.15, 0.2) is 5.69 Å². The van der Waals surface area contributed by atoms with Gasteiger partial charge in [0.25, 0.3) is 5.91 Å². The molecule has 1 fully saturated rings. The molecule has 0 atom stereocenters. The maximum Gasteiger partial charge on any atom is 0.356 e. The van der Waals surface area contributed by atoms with Crippen LogP contribution in [0.2, 0.25) is 0 Å². The van der Waals surface area contributed by atoms with Crippen LogP contribution < -0.4 is 0 Å². The summed E-state index contributed by atoms with van der Waals surface area (Å²) in [6.07, 6.45) is 1.65. The van der Waals surface area contributed by atoms with Gasteiger partial charge in [-0.1, -0.05) is 18.2 Å². The number of nitrogens with zero attached hydrogens (tertiary/aromatic N) is 4. The molecule has 0 bridgehead atoms. The monoisotopic (exact) mass is 392 g/mol. The van der Waals surface area contributed by atoms with E-state index in [1.54, 1.807) is 30.3 Å². The van der Waals surface area contributed by atoms with Crippen molar-refractivity contribution in [3.8, 4) is 5.69 Å². The second-order valence-electron chi connectivity index (χ2n) is 6.28. The van der Waals surface area contributed by atoms with Crippen LogP contribution >= 0.6 is 0 Å². The fourth-order valence-electron chi connectivity index (χ4n) is 2.99. The molecular weight excluding hydrogens is 372 g/mol. The predicted molar refractivity (Wildman–Crippen MR) is 97.5 cm³/mol. The van der Waals surface area contributed by atoms with E-state index in [-0.39, 0.29) is 30.4 Å². The zero-order valence-electron chi connectivity index (χ0n) is 14.8. The number of aromatic carboxylic acids is 1. The number of amides is 1. The van der Waals surface area contributed by atoms with Gasteiger partial charge < -0.3 is 10.0 Å². The molecule has 0 unspecified atom stereocenters. The summed E-state index contributed by atoms with van der Waals surface area (Å²) in [5, 5.41) is 13.3. The van der Waals surface area contributed by atoms with Gasteiger partial charge in [0.2, 0.25) is 10.0 Å². The summed E-state index contributed by atoms with van der Waals surface area (Å²) < 4.78 is 26.1. The summed E-state index contributed by atoms with van der Waals surface area (Å²) >= 11 is 0. The standard InChI is InChI=1S/C17H20N4O5S/c1-27(25,26)20-9-5-8-19(10-11-20)16(22)15-12-14(17(23)24)18-21(15)13-6-3-2-4-7-13/h2-4,6-7,12H,5,8-11H2,1H3,(H,23,24). The number of carboxylic acids is 1. The molecule has 1 amide bonds. The van der Waals surface area contributed by atoms with Gasteiger partial charge in [-0.3, -0.25) is 4.79 Å². The molecule has 1 aliphatic rings. The molecule has 2 heterocycles. The first-order chi connectivity index (χ1) is 12.8. The number of carbonyl (C=O) groups is 2. The molecule has 0 spiro atoms. The van der Waals surface area contributed by atoms with E-state index >= 15 is 0 Å². The van der Waals surface area contributed by atoms with E-state index in [9.17, 15) is 23.1 Å². The quantitative estimate of drug-likeness (QED) is 0.819. The highest BCUT2D eigenvalue weighted by atomic mass is 32.2. The highest BCUT2D eigenvalue weighted by Crippen LogP contribution is 2.17. The fourth-order valence-corrected chi connectivity index (χ4v) is 3.87. The molecule has 1 saturated heterocycles. The average Bonchev–Trinajstić information content (AvgIpc) is 2.92. The van der Waals surface area contributed by atoms with Crippen molar-refractivity contribution in [2.24, 2.45) is 0 Å². The second kappa shape index (κ2) is 7.49. The lowest BCUT2D eigenvalue weighted by Gasteiger charge is -2.21. The number of aromatic nitrogens is 2. The molecule has 9 nitrogen and oxygen atoms in total. The Bertz CT molecular complexity index is 955. The smallest absolute Gasteiger partial charge is 0.356 e. The molecule has 2 aromatic rings. The van der Waals surface area contributed by atoms with Crippen LogP contribution in [-0.2, 0) is 10.0 Å². The molecule has 0 radical (unpaired) electrons. The first-order valence-electron chi connectivity index (χ1n) is 8.40. The van der Waals surface area contributed by atoms with E-state index in [1.807, 2.05) is 0 Å². The second-order valence-corrected chi connectivity index (χ2v) is 8.26. The Morgan fingerprint density at radius 3 is 2.41 bits per heavy atom. The van der Waals surface area contributed by atoms with E-state index in [0.29, 0.717) is 25.2 Å². The summed E-state index contributed by atoms with van der Waals surface area (Å²) in [6.45, 7) is 1.16. The molecule has 10 heteroatoms. The highest BCUT2D eigenvalue weighted by molar-refractivity contribution is 7.88. The van der Waals surface area contributed by atoms with Crippen molar-refractivity contribution in [2.45, 2.75) is 6.42 Å². The number of carboxylic acid groups (broad SMARTS) is 1. The van der Waals surface area contributed by atoms with E-state index < -0.39 is 16.0 Å². The van der Waals surface area contributed by atoms with E-state index in [0.717, 1.165) is 6.26 Å². The van der Waals surface area contributed by atoms with Gasteiger partial charge in [0, 0.05) is 32.2 Å². The number of benzene rings is 1. The van der Waals surface area contributed by atoms with Crippen molar-refractivity contribution in [3.05, 3.63) is 47.8 Å². The van der Waals surface area contributed by atoms with Crippen LogP contribution in [0, 0.1) is 0 Å². The Kier molecular flexibility index (Phi) is 5.29. The largest absolute Gasteiger partial charge is 0.476 e. The van der Waals surface area contributed by atoms with E-state index in [4.69, 9.17) is 0 Å². The van der Waals surface area contributed by atoms with Crippen LogP contribution in [0.5, 0.6) is 0 Å². The van der Waals surface area contributed by atoms with Gasteiger partial charge in [-0.2, -0.15) is 5.10 Å². The third kappa shape index (κ3) is 4.17. The number of hydrogen-bond acceptors (Lipinski definition) is 5.